The summed E-state index contributed by atoms with van der Waals surface area (Å²) in [5.74, 6) is -0.345. The minimum absolute atomic E-state index is 0.0137. The molecule has 1 atom stereocenters. The molecule has 0 radical (unpaired) electrons. The van der Waals surface area contributed by atoms with Crippen LogP contribution in [0.2, 0.25) is 0 Å². The molecular formula is C23H27N5O3. The molecule has 1 aliphatic carbocycles. The highest BCUT2D eigenvalue weighted by Gasteiger charge is 2.25. The Morgan fingerprint density at radius 3 is 2.81 bits per heavy atom. The second-order valence-electron chi connectivity index (χ2n) is 8.60. The lowest BCUT2D eigenvalue weighted by molar-refractivity contribution is 0.0855. The predicted molar refractivity (Wildman–Crippen MR) is 116 cm³/mol. The summed E-state index contributed by atoms with van der Waals surface area (Å²) in [5, 5.41) is 12.1. The van der Waals surface area contributed by atoms with E-state index < -0.39 is 0 Å². The third-order valence-corrected chi connectivity index (χ3v) is 6.53. The largest absolute Gasteiger partial charge is 0.376 e. The van der Waals surface area contributed by atoms with Crippen molar-refractivity contribution in [3.05, 3.63) is 51.4 Å². The molecule has 5 rings (SSSR count). The Morgan fingerprint density at radius 2 is 2.06 bits per heavy atom. The number of pyridine rings is 2. The molecule has 8 nitrogen and oxygen atoms in total. The quantitative estimate of drug-likeness (QED) is 0.632. The smallest absolute Gasteiger partial charge is 0.267 e. The van der Waals surface area contributed by atoms with Crippen LogP contribution in [0.1, 0.15) is 60.5 Å². The van der Waals surface area contributed by atoms with Gasteiger partial charge in [0.2, 0.25) is 0 Å². The van der Waals surface area contributed by atoms with Crippen molar-refractivity contribution < 1.29 is 9.53 Å². The molecule has 0 spiro atoms. The maximum Gasteiger partial charge on any atom is 0.267 e. The maximum atomic E-state index is 13.4. The van der Waals surface area contributed by atoms with Crippen LogP contribution in [0, 0.1) is 12.3 Å². The Labute approximate surface area is 179 Å². The molecule has 3 aromatic rings. The first-order valence-corrected chi connectivity index (χ1v) is 11.1. The van der Waals surface area contributed by atoms with E-state index in [-0.39, 0.29) is 34.7 Å². The van der Waals surface area contributed by atoms with Gasteiger partial charge in [0.25, 0.3) is 11.5 Å². The SMILES string of the molecule is Cc1cccn2c(=O)c3cc(C(=O)NC[C@@H]4CCCO4)c(=N)n(C4CCCC4)c3nc12. The van der Waals surface area contributed by atoms with E-state index in [1.54, 1.807) is 6.20 Å². The van der Waals surface area contributed by atoms with E-state index in [9.17, 15) is 9.59 Å². The first kappa shape index (κ1) is 19.9. The summed E-state index contributed by atoms with van der Waals surface area (Å²) < 4.78 is 8.93. The van der Waals surface area contributed by atoms with Crippen molar-refractivity contribution >= 4 is 22.6 Å². The van der Waals surface area contributed by atoms with Crippen molar-refractivity contribution in [3.8, 4) is 0 Å². The average Bonchev–Trinajstić information content (AvgIpc) is 3.47. The molecule has 2 N–H and O–H groups in total. The molecular weight excluding hydrogens is 394 g/mol. The Kier molecular flexibility index (Phi) is 5.09. The molecule has 162 valence electrons. The van der Waals surface area contributed by atoms with Crippen molar-refractivity contribution in [1.29, 1.82) is 5.41 Å². The van der Waals surface area contributed by atoms with Crippen LogP contribution in [0.5, 0.6) is 0 Å². The minimum atomic E-state index is -0.345. The maximum absolute atomic E-state index is 13.4. The summed E-state index contributed by atoms with van der Waals surface area (Å²) in [6, 6.07) is 5.34. The summed E-state index contributed by atoms with van der Waals surface area (Å²) in [6.07, 6.45) is 7.60. The first-order valence-electron chi connectivity index (χ1n) is 11.1. The number of nitrogens with zero attached hydrogens (tertiary/aromatic N) is 3. The van der Waals surface area contributed by atoms with E-state index in [2.05, 4.69) is 5.32 Å². The third kappa shape index (κ3) is 3.44. The summed E-state index contributed by atoms with van der Waals surface area (Å²) in [7, 11) is 0. The zero-order chi connectivity index (χ0) is 21.5. The number of nitrogens with one attached hydrogen (secondary N) is 2. The van der Waals surface area contributed by atoms with Gasteiger partial charge in [0.15, 0.2) is 0 Å². The fraction of sp³-hybridized carbons (Fsp3) is 0.478. The Balaban J connectivity index is 1.69. The molecule has 3 aromatic heterocycles. The van der Waals surface area contributed by atoms with E-state index in [4.69, 9.17) is 15.1 Å². The third-order valence-electron chi connectivity index (χ3n) is 6.53. The number of amides is 1. The number of carbonyl (C=O) groups is 1. The number of aryl methyl sites for hydroxylation is 1. The van der Waals surface area contributed by atoms with Gasteiger partial charge in [0, 0.05) is 25.4 Å². The van der Waals surface area contributed by atoms with Gasteiger partial charge in [-0.2, -0.15) is 0 Å². The van der Waals surface area contributed by atoms with Crippen LogP contribution < -0.4 is 16.4 Å². The fourth-order valence-corrected chi connectivity index (χ4v) is 4.86. The van der Waals surface area contributed by atoms with Crippen molar-refractivity contribution in [2.24, 2.45) is 0 Å². The van der Waals surface area contributed by atoms with Gasteiger partial charge in [-0.15, -0.1) is 0 Å². The van der Waals surface area contributed by atoms with Gasteiger partial charge < -0.3 is 14.6 Å². The van der Waals surface area contributed by atoms with Crippen molar-refractivity contribution in [1.82, 2.24) is 19.3 Å². The number of hydrogen-bond acceptors (Lipinski definition) is 5. The molecule has 2 fully saturated rings. The zero-order valence-corrected chi connectivity index (χ0v) is 17.7. The van der Waals surface area contributed by atoms with Gasteiger partial charge >= 0.3 is 0 Å². The lowest BCUT2D eigenvalue weighted by atomic mass is 10.1. The minimum Gasteiger partial charge on any atom is -0.376 e. The lowest BCUT2D eigenvalue weighted by Gasteiger charge is -2.20. The van der Waals surface area contributed by atoms with E-state index in [1.807, 2.05) is 23.6 Å². The van der Waals surface area contributed by atoms with Crippen LogP contribution in [0.4, 0.5) is 0 Å². The van der Waals surface area contributed by atoms with Crippen LogP contribution in [0.15, 0.2) is 29.2 Å². The lowest BCUT2D eigenvalue weighted by Crippen LogP contribution is -2.38. The zero-order valence-electron chi connectivity index (χ0n) is 17.7. The molecule has 1 saturated carbocycles. The Hall–Kier alpha value is -3.00. The molecule has 0 unspecified atom stereocenters. The molecule has 1 aliphatic heterocycles. The van der Waals surface area contributed by atoms with Crippen molar-refractivity contribution in [3.63, 3.8) is 0 Å². The second-order valence-corrected chi connectivity index (χ2v) is 8.60. The van der Waals surface area contributed by atoms with Crippen molar-refractivity contribution in [2.75, 3.05) is 13.2 Å². The molecule has 8 heteroatoms. The van der Waals surface area contributed by atoms with Gasteiger partial charge in [-0.25, -0.2) is 4.98 Å². The van der Waals surface area contributed by atoms with E-state index in [0.717, 1.165) is 50.7 Å². The molecule has 4 heterocycles. The molecule has 2 aliphatic rings. The summed E-state index contributed by atoms with van der Waals surface area (Å²) in [6.45, 7) is 3.05. The Bertz CT molecular complexity index is 1280. The van der Waals surface area contributed by atoms with Gasteiger partial charge in [-0.05, 0) is 50.3 Å². The highest BCUT2D eigenvalue weighted by atomic mass is 16.5. The fourth-order valence-electron chi connectivity index (χ4n) is 4.86. The van der Waals surface area contributed by atoms with Crippen LogP contribution in [-0.4, -0.2) is 39.1 Å². The Morgan fingerprint density at radius 1 is 1.26 bits per heavy atom. The van der Waals surface area contributed by atoms with Gasteiger partial charge in [-0.3, -0.25) is 19.4 Å². The van der Waals surface area contributed by atoms with Crippen LogP contribution in [0.3, 0.4) is 0 Å². The van der Waals surface area contributed by atoms with Gasteiger partial charge in [0.05, 0.1) is 17.1 Å². The number of ether oxygens (including phenoxy) is 1. The second kappa shape index (κ2) is 7.92. The topological polar surface area (TPSA) is 101 Å². The normalized spacial score (nSPS) is 19.5. The number of fused-ring (bicyclic) bond motifs is 2. The monoisotopic (exact) mass is 421 g/mol. The number of rotatable bonds is 4. The molecule has 1 amide bonds. The summed E-state index contributed by atoms with van der Waals surface area (Å²) in [4.78, 5) is 31.2. The molecule has 31 heavy (non-hydrogen) atoms. The summed E-state index contributed by atoms with van der Waals surface area (Å²) in [5.41, 5.74) is 2.08. The number of carbonyl (C=O) groups excluding carboxylic acids is 1. The summed E-state index contributed by atoms with van der Waals surface area (Å²) >= 11 is 0. The number of aromatic nitrogens is 3. The van der Waals surface area contributed by atoms with E-state index >= 15 is 0 Å². The molecule has 0 bridgehead atoms. The standard InChI is InChI=1S/C23H27N5O3/c1-14-6-4-10-27-20(14)26-21-18(23(27)30)12-17(19(24)28(21)15-7-2-3-8-15)22(29)25-13-16-9-5-11-31-16/h4,6,10,12,15-16,24H,2-3,5,7-9,11,13H2,1H3,(H,25,29)/t16-/m0/s1. The highest BCUT2D eigenvalue weighted by Crippen LogP contribution is 2.30. The molecule has 0 aromatic carbocycles. The first-order chi connectivity index (χ1) is 15.0. The van der Waals surface area contributed by atoms with Crippen LogP contribution in [0.25, 0.3) is 16.7 Å². The van der Waals surface area contributed by atoms with Gasteiger partial charge in [-0.1, -0.05) is 18.9 Å². The average molecular weight is 422 g/mol. The van der Waals surface area contributed by atoms with E-state index in [1.165, 1.54) is 10.5 Å². The van der Waals surface area contributed by atoms with E-state index in [0.29, 0.717) is 23.2 Å². The number of hydrogen-bond donors (Lipinski definition) is 2. The van der Waals surface area contributed by atoms with Crippen LogP contribution >= 0.6 is 0 Å². The molecule has 1 saturated heterocycles. The van der Waals surface area contributed by atoms with Crippen molar-refractivity contribution in [2.45, 2.75) is 57.6 Å². The predicted octanol–water partition coefficient (Wildman–Crippen LogP) is 2.46. The highest BCUT2D eigenvalue weighted by molar-refractivity contribution is 5.96. The van der Waals surface area contributed by atoms with Gasteiger partial charge in [0.1, 0.15) is 16.8 Å². The van der Waals surface area contributed by atoms with Crippen LogP contribution in [-0.2, 0) is 4.74 Å².